The van der Waals surface area contributed by atoms with Gasteiger partial charge in [0.15, 0.2) is 0 Å². The van der Waals surface area contributed by atoms with Crippen molar-refractivity contribution in [1.29, 1.82) is 0 Å². The third-order valence-electron chi connectivity index (χ3n) is 3.01. The maximum atomic E-state index is 10.2. The Morgan fingerprint density at radius 1 is 1.24 bits per heavy atom. The number of ether oxygens (including phenoxy) is 1. The van der Waals surface area contributed by atoms with E-state index in [4.69, 9.17) is 27.9 Å². The molecule has 0 bridgehead atoms. The molecular weight excluding hydrogens is 327 g/mol. The van der Waals surface area contributed by atoms with E-state index in [-0.39, 0.29) is 6.61 Å². The molecule has 0 aromatic heterocycles. The first-order valence-corrected chi connectivity index (χ1v) is 7.05. The summed E-state index contributed by atoms with van der Waals surface area (Å²) in [7, 11) is 0. The van der Waals surface area contributed by atoms with Crippen molar-refractivity contribution in [3.63, 3.8) is 0 Å². The van der Waals surface area contributed by atoms with Gasteiger partial charge in [0.05, 0.1) is 15.6 Å². The molecule has 1 N–H and O–H groups in total. The molecule has 1 saturated carbocycles. The van der Waals surface area contributed by atoms with E-state index in [1.165, 1.54) is 0 Å². The normalized spacial score (nSPS) is 18.4. The van der Waals surface area contributed by atoms with Gasteiger partial charge in [-0.25, -0.2) is 0 Å². The summed E-state index contributed by atoms with van der Waals surface area (Å²) >= 11 is 15.3. The van der Waals surface area contributed by atoms with E-state index < -0.39 is 5.60 Å². The average molecular weight is 340 g/mol. The molecule has 0 aliphatic heterocycles. The Morgan fingerprint density at radius 2 is 1.88 bits per heavy atom. The van der Waals surface area contributed by atoms with E-state index in [1.54, 1.807) is 12.1 Å². The van der Waals surface area contributed by atoms with Gasteiger partial charge in [0.2, 0.25) is 0 Å². The van der Waals surface area contributed by atoms with Crippen LogP contribution in [0.25, 0.3) is 0 Å². The summed E-state index contributed by atoms with van der Waals surface area (Å²) in [5.41, 5.74) is -0.705. The van der Waals surface area contributed by atoms with Crippen LogP contribution in [0.15, 0.2) is 16.6 Å². The van der Waals surface area contributed by atoms with Gasteiger partial charge < -0.3 is 9.84 Å². The number of rotatable bonds is 3. The molecule has 94 valence electrons. The summed E-state index contributed by atoms with van der Waals surface area (Å²) < 4.78 is 6.30. The molecule has 1 aliphatic carbocycles. The smallest absolute Gasteiger partial charge is 0.139 e. The van der Waals surface area contributed by atoms with Crippen LogP contribution in [0.2, 0.25) is 10.0 Å². The molecule has 1 fully saturated rings. The zero-order chi connectivity index (χ0) is 12.5. The maximum absolute atomic E-state index is 10.2. The lowest BCUT2D eigenvalue weighted by Crippen LogP contribution is -2.32. The number of hydrogen-bond donors (Lipinski definition) is 1. The van der Waals surface area contributed by atoms with Crippen molar-refractivity contribution in [3.05, 3.63) is 26.7 Å². The zero-order valence-electron chi connectivity index (χ0n) is 9.18. The molecule has 0 spiro atoms. The van der Waals surface area contributed by atoms with Crippen LogP contribution in [-0.2, 0) is 0 Å². The van der Waals surface area contributed by atoms with Crippen molar-refractivity contribution in [2.24, 2.45) is 0 Å². The minimum Gasteiger partial charge on any atom is -0.489 e. The second-order valence-corrected chi connectivity index (χ2v) is 6.09. The molecule has 0 saturated heterocycles. The minimum absolute atomic E-state index is 0.269. The maximum Gasteiger partial charge on any atom is 0.139 e. The van der Waals surface area contributed by atoms with Crippen LogP contribution in [0.1, 0.15) is 25.7 Å². The monoisotopic (exact) mass is 338 g/mol. The number of hydrogen-bond acceptors (Lipinski definition) is 2. The second-order valence-electron chi connectivity index (χ2n) is 4.42. The minimum atomic E-state index is -0.705. The summed E-state index contributed by atoms with van der Waals surface area (Å²) in [6.07, 6.45) is 3.67. The fraction of sp³-hybridized carbons (Fsp3) is 0.500. The third kappa shape index (κ3) is 3.28. The Labute approximate surface area is 119 Å². The Bertz CT molecular complexity index is 417. The molecular formula is C12H13BrCl2O2. The van der Waals surface area contributed by atoms with E-state index in [2.05, 4.69) is 15.9 Å². The highest BCUT2D eigenvalue weighted by atomic mass is 79.9. The lowest BCUT2D eigenvalue weighted by atomic mass is 10.0. The van der Waals surface area contributed by atoms with Gasteiger partial charge in [-0.3, -0.25) is 0 Å². The van der Waals surface area contributed by atoms with Crippen molar-refractivity contribution < 1.29 is 9.84 Å². The second kappa shape index (κ2) is 5.35. The summed E-state index contributed by atoms with van der Waals surface area (Å²) in [5.74, 6) is 0.514. The third-order valence-corrected chi connectivity index (χ3v) is 4.50. The summed E-state index contributed by atoms with van der Waals surface area (Å²) in [6.45, 7) is 0.269. The van der Waals surface area contributed by atoms with E-state index in [0.29, 0.717) is 15.8 Å². The first-order chi connectivity index (χ1) is 8.00. The molecule has 0 amide bonds. The van der Waals surface area contributed by atoms with Crippen molar-refractivity contribution in [2.75, 3.05) is 6.61 Å². The van der Waals surface area contributed by atoms with Crippen molar-refractivity contribution in [3.8, 4) is 5.75 Å². The highest BCUT2D eigenvalue weighted by Crippen LogP contribution is 2.36. The van der Waals surface area contributed by atoms with Crippen molar-refractivity contribution in [2.45, 2.75) is 31.3 Å². The van der Waals surface area contributed by atoms with Crippen LogP contribution >= 0.6 is 39.1 Å². The molecule has 5 heteroatoms. The topological polar surface area (TPSA) is 29.5 Å². The molecule has 17 heavy (non-hydrogen) atoms. The van der Waals surface area contributed by atoms with E-state index in [9.17, 15) is 5.11 Å². The number of aliphatic hydroxyl groups is 1. The highest BCUT2D eigenvalue weighted by molar-refractivity contribution is 9.10. The molecule has 2 nitrogen and oxygen atoms in total. The molecule has 0 atom stereocenters. The summed E-state index contributed by atoms with van der Waals surface area (Å²) in [6, 6.07) is 3.35. The van der Waals surface area contributed by atoms with Gasteiger partial charge >= 0.3 is 0 Å². The first kappa shape index (κ1) is 13.5. The average Bonchev–Trinajstić information content (AvgIpc) is 2.69. The predicted octanol–water partition coefficient (Wildman–Crippen LogP) is 4.44. The largest absolute Gasteiger partial charge is 0.489 e. The summed E-state index contributed by atoms with van der Waals surface area (Å²) in [5, 5.41) is 11.2. The van der Waals surface area contributed by atoms with E-state index in [0.717, 1.165) is 30.2 Å². The van der Waals surface area contributed by atoms with E-state index >= 15 is 0 Å². The van der Waals surface area contributed by atoms with Gasteiger partial charge in [0.1, 0.15) is 12.4 Å². The van der Waals surface area contributed by atoms with Crippen molar-refractivity contribution >= 4 is 39.1 Å². The van der Waals surface area contributed by atoms with Gasteiger partial charge in [0, 0.05) is 10.5 Å². The Balaban J connectivity index is 2.06. The number of halogens is 3. The molecule has 1 aromatic rings. The Morgan fingerprint density at radius 3 is 2.53 bits per heavy atom. The van der Waals surface area contributed by atoms with Crippen molar-refractivity contribution in [1.82, 2.24) is 0 Å². The first-order valence-electron chi connectivity index (χ1n) is 5.50. The SMILES string of the molecule is OC1(COc2cc(Cl)c(Br)cc2Cl)CCCC1. The van der Waals surface area contributed by atoms with Gasteiger partial charge in [-0.05, 0) is 34.8 Å². The van der Waals surface area contributed by atoms with Crippen LogP contribution in [-0.4, -0.2) is 17.3 Å². The lowest BCUT2D eigenvalue weighted by molar-refractivity contribution is 0.00144. The molecule has 1 aliphatic rings. The lowest BCUT2D eigenvalue weighted by Gasteiger charge is -2.22. The van der Waals surface area contributed by atoms with Crippen LogP contribution < -0.4 is 4.74 Å². The Hall–Kier alpha value is 0.0400. The number of benzene rings is 1. The molecule has 0 unspecified atom stereocenters. The molecule has 1 aromatic carbocycles. The van der Waals surface area contributed by atoms with Crippen LogP contribution in [0, 0.1) is 0 Å². The fourth-order valence-corrected chi connectivity index (χ4v) is 2.85. The zero-order valence-corrected chi connectivity index (χ0v) is 12.3. The van der Waals surface area contributed by atoms with E-state index in [1.807, 2.05) is 0 Å². The predicted molar refractivity (Wildman–Crippen MR) is 73.1 cm³/mol. The molecule has 0 radical (unpaired) electrons. The van der Waals surface area contributed by atoms with Crippen LogP contribution in [0.5, 0.6) is 5.75 Å². The van der Waals surface area contributed by atoms with Crippen LogP contribution in [0.4, 0.5) is 0 Å². The van der Waals surface area contributed by atoms with Crippen LogP contribution in [0.3, 0.4) is 0 Å². The quantitative estimate of drug-likeness (QED) is 0.825. The van der Waals surface area contributed by atoms with Gasteiger partial charge in [-0.15, -0.1) is 0 Å². The summed E-state index contributed by atoms with van der Waals surface area (Å²) in [4.78, 5) is 0. The van der Waals surface area contributed by atoms with Gasteiger partial charge in [-0.1, -0.05) is 36.0 Å². The molecule has 2 rings (SSSR count). The Kier molecular flexibility index (Phi) is 4.24. The van der Waals surface area contributed by atoms with Gasteiger partial charge in [0.25, 0.3) is 0 Å². The van der Waals surface area contributed by atoms with Gasteiger partial charge in [-0.2, -0.15) is 0 Å². The standard InChI is InChI=1S/C12H13BrCl2O2/c13-8-5-10(15)11(6-9(8)14)17-7-12(16)3-1-2-4-12/h5-6,16H,1-4,7H2. The fourth-order valence-electron chi connectivity index (χ4n) is 2.00. The highest BCUT2D eigenvalue weighted by Gasteiger charge is 2.32. The molecule has 0 heterocycles.